The summed E-state index contributed by atoms with van der Waals surface area (Å²) in [5, 5.41) is 12.4. The average molecular weight is 255 g/mol. The molecule has 1 fully saturated rings. The molecule has 0 spiro atoms. The Labute approximate surface area is 105 Å². The Morgan fingerprint density at radius 2 is 2.44 bits per heavy atom. The number of carbonyl (C=O) groups excluding carboxylic acids is 1. The Morgan fingerprint density at radius 3 is 3.17 bits per heavy atom. The topological polar surface area (TPSA) is 80.9 Å². The molecular formula is C12H17NO5. The van der Waals surface area contributed by atoms with Crippen LogP contribution in [0.15, 0.2) is 16.5 Å². The van der Waals surface area contributed by atoms with Gasteiger partial charge in [-0.2, -0.15) is 0 Å². The maximum atomic E-state index is 11.9. The van der Waals surface area contributed by atoms with E-state index in [1.807, 2.05) is 0 Å². The van der Waals surface area contributed by atoms with Crippen LogP contribution < -0.4 is 5.32 Å². The summed E-state index contributed by atoms with van der Waals surface area (Å²) < 4.78 is 15.4. The number of nitrogens with one attached hydrogen (secondary N) is 1. The molecule has 2 heterocycles. The molecule has 0 bridgehead atoms. The number of hydrogen-bond donors (Lipinski definition) is 2. The molecule has 100 valence electrons. The highest BCUT2D eigenvalue weighted by atomic mass is 16.5. The highest BCUT2D eigenvalue weighted by Crippen LogP contribution is 2.11. The Balaban J connectivity index is 1.93. The van der Waals surface area contributed by atoms with Crippen LogP contribution >= 0.6 is 0 Å². The van der Waals surface area contributed by atoms with Crippen molar-refractivity contribution in [1.29, 1.82) is 0 Å². The molecule has 2 rings (SSSR count). The van der Waals surface area contributed by atoms with Crippen LogP contribution in [0, 0.1) is 0 Å². The molecule has 1 aliphatic rings. The number of amides is 1. The van der Waals surface area contributed by atoms with Gasteiger partial charge in [-0.3, -0.25) is 4.79 Å². The summed E-state index contributed by atoms with van der Waals surface area (Å²) in [7, 11) is 1.55. The van der Waals surface area contributed by atoms with Crippen LogP contribution in [0.3, 0.4) is 0 Å². The minimum atomic E-state index is -0.573. The molecule has 6 nitrogen and oxygen atoms in total. The van der Waals surface area contributed by atoms with E-state index < -0.39 is 6.10 Å². The molecule has 0 saturated carbocycles. The monoisotopic (exact) mass is 255 g/mol. The van der Waals surface area contributed by atoms with Crippen molar-refractivity contribution < 1.29 is 23.8 Å². The van der Waals surface area contributed by atoms with Crippen molar-refractivity contribution in [1.82, 2.24) is 5.32 Å². The zero-order valence-corrected chi connectivity index (χ0v) is 10.2. The lowest BCUT2D eigenvalue weighted by molar-refractivity contribution is -0.0143. The van der Waals surface area contributed by atoms with Crippen molar-refractivity contribution in [3.8, 4) is 0 Å². The van der Waals surface area contributed by atoms with Crippen LogP contribution in [0.25, 0.3) is 0 Å². The lowest BCUT2D eigenvalue weighted by Crippen LogP contribution is -2.49. The average Bonchev–Trinajstić information content (AvgIpc) is 2.81. The van der Waals surface area contributed by atoms with Gasteiger partial charge >= 0.3 is 0 Å². The van der Waals surface area contributed by atoms with Gasteiger partial charge in [-0.15, -0.1) is 0 Å². The number of rotatable bonds is 4. The molecule has 1 aliphatic heterocycles. The minimum absolute atomic E-state index is 0.208. The first-order chi connectivity index (χ1) is 8.70. The molecule has 18 heavy (non-hydrogen) atoms. The van der Waals surface area contributed by atoms with Crippen LogP contribution in [0.5, 0.6) is 0 Å². The van der Waals surface area contributed by atoms with E-state index in [2.05, 4.69) is 5.32 Å². The number of aliphatic hydroxyl groups excluding tert-OH is 1. The standard InChI is InChI=1S/C12H17NO5/c1-16-6-8-2-3-11(18-8)12(15)13-9-7-17-5-4-10(9)14/h2-3,9-10,14H,4-7H2,1H3,(H,13,15)/t9-,10-/m1/s1. The van der Waals surface area contributed by atoms with Gasteiger partial charge in [0.1, 0.15) is 12.4 Å². The van der Waals surface area contributed by atoms with Gasteiger partial charge in [0.05, 0.1) is 18.8 Å². The Hall–Kier alpha value is -1.37. The zero-order valence-electron chi connectivity index (χ0n) is 10.2. The number of ether oxygens (including phenoxy) is 2. The number of aliphatic hydroxyl groups is 1. The van der Waals surface area contributed by atoms with E-state index in [1.165, 1.54) is 0 Å². The maximum Gasteiger partial charge on any atom is 0.287 e. The van der Waals surface area contributed by atoms with Gasteiger partial charge in [-0.1, -0.05) is 0 Å². The molecule has 0 aliphatic carbocycles. The van der Waals surface area contributed by atoms with E-state index in [-0.39, 0.29) is 17.7 Å². The summed E-state index contributed by atoms with van der Waals surface area (Å²) in [5.41, 5.74) is 0. The molecule has 6 heteroatoms. The summed E-state index contributed by atoms with van der Waals surface area (Å²) in [5.74, 6) is 0.440. The highest BCUT2D eigenvalue weighted by Gasteiger charge is 2.26. The van der Waals surface area contributed by atoms with E-state index in [0.717, 1.165) is 0 Å². The second kappa shape index (κ2) is 5.99. The fraction of sp³-hybridized carbons (Fsp3) is 0.583. The summed E-state index contributed by atoms with van der Waals surface area (Å²) in [6.07, 6.45) is -0.0472. The lowest BCUT2D eigenvalue weighted by Gasteiger charge is -2.28. The lowest BCUT2D eigenvalue weighted by atomic mass is 10.1. The van der Waals surface area contributed by atoms with Crippen LogP contribution in [-0.2, 0) is 16.1 Å². The number of methoxy groups -OCH3 is 1. The first-order valence-corrected chi connectivity index (χ1v) is 5.85. The van der Waals surface area contributed by atoms with Crippen molar-refractivity contribution in [2.75, 3.05) is 20.3 Å². The zero-order chi connectivity index (χ0) is 13.0. The van der Waals surface area contributed by atoms with Crippen LogP contribution in [0.4, 0.5) is 0 Å². The van der Waals surface area contributed by atoms with Crippen molar-refractivity contribution in [3.05, 3.63) is 23.7 Å². The molecule has 1 aromatic rings. The largest absolute Gasteiger partial charge is 0.453 e. The van der Waals surface area contributed by atoms with E-state index in [4.69, 9.17) is 13.9 Å². The molecule has 0 radical (unpaired) electrons. The van der Waals surface area contributed by atoms with Gasteiger partial charge < -0.3 is 24.3 Å². The van der Waals surface area contributed by atoms with E-state index in [0.29, 0.717) is 32.0 Å². The Bertz CT molecular complexity index is 403. The SMILES string of the molecule is COCc1ccc(C(=O)N[C@@H]2COCC[C@H]2O)o1. The van der Waals surface area contributed by atoms with Gasteiger partial charge in [0.15, 0.2) is 5.76 Å². The van der Waals surface area contributed by atoms with Crippen molar-refractivity contribution in [2.24, 2.45) is 0 Å². The third-order valence-electron chi connectivity index (χ3n) is 2.81. The van der Waals surface area contributed by atoms with Crippen molar-refractivity contribution in [2.45, 2.75) is 25.2 Å². The Morgan fingerprint density at radius 1 is 1.61 bits per heavy atom. The molecule has 2 N–H and O–H groups in total. The first-order valence-electron chi connectivity index (χ1n) is 5.85. The van der Waals surface area contributed by atoms with Crippen LogP contribution in [-0.4, -0.2) is 43.5 Å². The summed E-state index contributed by atoms with van der Waals surface area (Å²) in [6, 6.07) is 2.88. The van der Waals surface area contributed by atoms with Crippen molar-refractivity contribution in [3.63, 3.8) is 0 Å². The molecule has 1 saturated heterocycles. The predicted molar refractivity (Wildman–Crippen MR) is 62.1 cm³/mol. The van der Waals surface area contributed by atoms with E-state index in [1.54, 1.807) is 19.2 Å². The maximum absolute atomic E-state index is 11.9. The van der Waals surface area contributed by atoms with E-state index >= 15 is 0 Å². The molecule has 1 amide bonds. The fourth-order valence-corrected chi connectivity index (χ4v) is 1.82. The number of hydrogen-bond acceptors (Lipinski definition) is 5. The number of furan rings is 1. The van der Waals surface area contributed by atoms with Gasteiger partial charge in [0.25, 0.3) is 5.91 Å². The minimum Gasteiger partial charge on any atom is -0.453 e. The van der Waals surface area contributed by atoms with Crippen LogP contribution in [0.2, 0.25) is 0 Å². The van der Waals surface area contributed by atoms with E-state index in [9.17, 15) is 9.90 Å². The first kappa shape index (κ1) is 13.1. The summed E-state index contributed by atoms with van der Waals surface area (Å²) in [4.78, 5) is 11.9. The highest BCUT2D eigenvalue weighted by molar-refractivity contribution is 5.91. The van der Waals surface area contributed by atoms with Gasteiger partial charge in [0, 0.05) is 13.7 Å². The van der Waals surface area contributed by atoms with Gasteiger partial charge in [-0.05, 0) is 18.6 Å². The molecular weight excluding hydrogens is 238 g/mol. The predicted octanol–water partition coefficient (Wildman–Crippen LogP) is 0.306. The second-order valence-electron chi connectivity index (χ2n) is 4.21. The summed E-state index contributed by atoms with van der Waals surface area (Å²) >= 11 is 0. The van der Waals surface area contributed by atoms with Crippen LogP contribution in [0.1, 0.15) is 22.7 Å². The Kier molecular flexibility index (Phi) is 4.35. The van der Waals surface area contributed by atoms with Crippen molar-refractivity contribution >= 4 is 5.91 Å². The second-order valence-corrected chi connectivity index (χ2v) is 4.21. The van der Waals surface area contributed by atoms with Gasteiger partial charge in [0.2, 0.25) is 0 Å². The third kappa shape index (κ3) is 3.10. The normalized spacial score (nSPS) is 23.9. The molecule has 0 unspecified atom stereocenters. The number of carbonyl (C=O) groups is 1. The molecule has 1 aromatic heterocycles. The quantitative estimate of drug-likeness (QED) is 0.809. The van der Waals surface area contributed by atoms with Gasteiger partial charge in [-0.25, -0.2) is 0 Å². The fourth-order valence-electron chi connectivity index (χ4n) is 1.82. The molecule has 2 atom stereocenters. The smallest absolute Gasteiger partial charge is 0.287 e. The third-order valence-corrected chi connectivity index (χ3v) is 2.81. The molecule has 0 aromatic carbocycles. The summed E-state index contributed by atoms with van der Waals surface area (Å²) in [6.45, 7) is 1.16.